The first-order chi connectivity index (χ1) is 8.70. The third-order valence-corrected chi connectivity index (χ3v) is 2.70. The fourth-order valence-electron chi connectivity index (χ4n) is 1.74. The highest BCUT2D eigenvalue weighted by atomic mass is 32.1. The van der Waals surface area contributed by atoms with E-state index in [0.29, 0.717) is 4.99 Å². The number of hydrogen-bond donors (Lipinski definition) is 3. The number of anilines is 1. The second kappa shape index (κ2) is 6.02. The molecule has 5 heteroatoms. The Morgan fingerprint density at radius 3 is 2.53 bits per heavy atom. The van der Waals surface area contributed by atoms with E-state index in [1.807, 2.05) is 45.9 Å². The molecule has 0 unspecified atom stereocenters. The average Bonchev–Trinajstić information content (AvgIpc) is 2.24. The zero-order valence-electron chi connectivity index (χ0n) is 11.8. The molecule has 0 aromatic heterocycles. The number of para-hydroxylation sites is 1. The molecule has 0 aliphatic carbocycles. The smallest absolute Gasteiger partial charge is 0.239 e. The van der Waals surface area contributed by atoms with Gasteiger partial charge in [-0.05, 0) is 39.3 Å². The van der Waals surface area contributed by atoms with Crippen molar-refractivity contribution in [2.75, 3.05) is 11.9 Å². The van der Waals surface area contributed by atoms with Crippen LogP contribution in [0.3, 0.4) is 0 Å². The SMILES string of the molecule is Cc1cccc(C(N)=S)c1NCC(=O)NC(C)(C)C. The van der Waals surface area contributed by atoms with Gasteiger partial charge in [0, 0.05) is 16.8 Å². The molecule has 1 aromatic rings. The molecule has 0 heterocycles. The van der Waals surface area contributed by atoms with Crippen molar-refractivity contribution < 1.29 is 4.79 Å². The molecule has 1 aromatic carbocycles. The van der Waals surface area contributed by atoms with Gasteiger partial charge in [0.1, 0.15) is 4.99 Å². The lowest BCUT2D eigenvalue weighted by molar-refractivity contribution is -0.120. The van der Waals surface area contributed by atoms with Gasteiger partial charge in [0.25, 0.3) is 0 Å². The van der Waals surface area contributed by atoms with Crippen LogP contribution in [0.5, 0.6) is 0 Å². The predicted octanol–water partition coefficient (Wildman–Crippen LogP) is 1.96. The van der Waals surface area contributed by atoms with Crippen LogP contribution in [0.4, 0.5) is 5.69 Å². The Bertz CT molecular complexity index is 492. The Labute approximate surface area is 119 Å². The number of benzene rings is 1. The van der Waals surface area contributed by atoms with Gasteiger partial charge >= 0.3 is 0 Å². The van der Waals surface area contributed by atoms with Gasteiger partial charge in [-0.25, -0.2) is 0 Å². The van der Waals surface area contributed by atoms with Gasteiger partial charge in [0.2, 0.25) is 5.91 Å². The maximum atomic E-state index is 11.8. The van der Waals surface area contributed by atoms with E-state index in [1.54, 1.807) is 0 Å². The van der Waals surface area contributed by atoms with E-state index >= 15 is 0 Å². The first-order valence-electron chi connectivity index (χ1n) is 6.15. The highest BCUT2D eigenvalue weighted by Crippen LogP contribution is 2.20. The predicted molar refractivity (Wildman–Crippen MR) is 83.5 cm³/mol. The van der Waals surface area contributed by atoms with Crippen molar-refractivity contribution in [3.05, 3.63) is 29.3 Å². The van der Waals surface area contributed by atoms with Gasteiger partial charge in [-0.15, -0.1) is 0 Å². The number of rotatable bonds is 4. The minimum atomic E-state index is -0.240. The molecule has 0 radical (unpaired) electrons. The third-order valence-electron chi connectivity index (χ3n) is 2.48. The molecule has 1 amide bonds. The first kappa shape index (κ1) is 15.4. The Morgan fingerprint density at radius 1 is 1.37 bits per heavy atom. The molecule has 4 N–H and O–H groups in total. The molecule has 104 valence electrons. The maximum Gasteiger partial charge on any atom is 0.239 e. The van der Waals surface area contributed by atoms with Crippen LogP contribution >= 0.6 is 12.2 Å². The van der Waals surface area contributed by atoms with Crippen molar-refractivity contribution in [3.8, 4) is 0 Å². The summed E-state index contributed by atoms with van der Waals surface area (Å²) in [5, 5.41) is 6.00. The first-order valence-corrected chi connectivity index (χ1v) is 6.56. The van der Waals surface area contributed by atoms with Crippen molar-refractivity contribution in [2.24, 2.45) is 5.73 Å². The lowest BCUT2D eigenvalue weighted by Crippen LogP contribution is -2.43. The van der Waals surface area contributed by atoms with Gasteiger partial charge in [-0.3, -0.25) is 4.79 Å². The maximum absolute atomic E-state index is 11.8. The number of amides is 1. The van der Waals surface area contributed by atoms with E-state index in [-0.39, 0.29) is 18.0 Å². The van der Waals surface area contributed by atoms with Gasteiger partial charge in [-0.2, -0.15) is 0 Å². The number of nitrogens with two attached hydrogens (primary N) is 1. The van der Waals surface area contributed by atoms with Crippen molar-refractivity contribution in [3.63, 3.8) is 0 Å². The average molecular weight is 279 g/mol. The normalized spacial score (nSPS) is 10.9. The van der Waals surface area contributed by atoms with Crippen LogP contribution in [0.15, 0.2) is 18.2 Å². The summed E-state index contributed by atoms with van der Waals surface area (Å²) in [6.45, 7) is 7.97. The molecule has 0 spiro atoms. The number of thiocarbonyl (C=S) groups is 1. The van der Waals surface area contributed by atoms with Gasteiger partial charge in [0.05, 0.1) is 6.54 Å². The summed E-state index contributed by atoms with van der Waals surface area (Å²) >= 11 is 5.01. The van der Waals surface area contributed by atoms with Crippen LogP contribution in [0, 0.1) is 6.92 Å². The Balaban J connectivity index is 2.78. The molecular formula is C14H21N3OS. The van der Waals surface area contributed by atoms with E-state index in [2.05, 4.69) is 10.6 Å². The highest BCUT2D eigenvalue weighted by molar-refractivity contribution is 7.80. The third kappa shape index (κ3) is 4.87. The van der Waals surface area contributed by atoms with E-state index in [0.717, 1.165) is 16.8 Å². The van der Waals surface area contributed by atoms with Gasteiger partial charge in [0.15, 0.2) is 0 Å². The molecule has 0 saturated heterocycles. The van der Waals surface area contributed by atoms with Crippen molar-refractivity contribution in [1.82, 2.24) is 5.32 Å². The monoisotopic (exact) mass is 279 g/mol. The highest BCUT2D eigenvalue weighted by Gasteiger charge is 2.14. The van der Waals surface area contributed by atoms with Crippen LogP contribution in [-0.4, -0.2) is 23.0 Å². The van der Waals surface area contributed by atoms with E-state index < -0.39 is 0 Å². The fourth-order valence-corrected chi connectivity index (χ4v) is 1.91. The number of hydrogen-bond acceptors (Lipinski definition) is 3. The minimum absolute atomic E-state index is 0.0651. The van der Waals surface area contributed by atoms with Crippen molar-refractivity contribution in [1.29, 1.82) is 0 Å². The molecule has 0 bridgehead atoms. The zero-order valence-corrected chi connectivity index (χ0v) is 12.6. The standard InChI is InChI=1S/C14H21N3OS/c1-9-6-5-7-10(13(15)19)12(9)16-8-11(18)17-14(2,3)4/h5-7,16H,8H2,1-4H3,(H2,15,19)(H,17,18). The number of nitrogens with one attached hydrogen (secondary N) is 2. The van der Waals surface area contributed by atoms with Crippen LogP contribution in [0.2, 0.25) is 0 Å². The summed E-state index contributed by atoms with van der Waals surface area (Å²) in [4.78, 5) is 12.1. The van der Waals surface area contributed by atoms with Gasteiger partial charge < -0.3 is 16.4 Å². The molecule has 0 atom stereocenters. The van der Waals surface area contributed by atoms with Crippen molar-refractivity contribution >= 4 is 28.8 Å². The fraction of sp³-hybridized carbons (Fsp3) is 0.429. The molecule has 4 nitrogen and oxygen atoms in total. The number of carbonyl (C=O) groups excluding carboxylic acids is 1. The van der Waals surface area contributed by atoms with Crippen LogP contribution in [0.25, 0.3) is 0 Å². The number of carbonyl (C=O) groups is 1. The Kier molecular flexibility index (Phi) is 4.89. The summed E-state index contributed by atoms with van der Waals surface area (Å²) in [6.07, 6.45) is 0. The van der Waals surface area contributed by atoms with E-state index in [9.17, 15) is 4.79 Å². The lowest BCUT2D eigenvalue weighted by Gasteiger charge is -2.21. The minimum Gasteiger partial charge on any atom is -0.389 e. The molecule has 0 saturated carbocycles. The van der Waals surface area contributed by atoms with E-state index in [1.165, 1.54) is 0 Å². The summed E-state index contributed by atoms with van der Waals surface area (Å²) in [5.41, 5.74) is 8.03. The second-order valence-electron chi connectivity index (χ2n) is 5.51. The van der Waals surface area contributed by atoms with Crippen LogP contribution in [-0.2, 0) is 4.79 Å². The number of aryl methyl sites for hydroxylation is 1. The molecule has 0 aliphatic rings. The molecule has 19 heavy (non-hydrogen) atoms. The second-order valence-corrected chi connectivity index (χ2v) is 5.95. The van der Waals surface area contributed by atoms with Crippen LogP contribution < -0.4 is 16.4 Å². The topological polar surface area (TPSA) is 67.1 Å². The summed E-state index contributed by atoms with van der Waals surface area (Å²) in [5.74, 6) is -0.0651. The summed E-state index contributed by atoms with van der Waals surface area (Å²) < 4.78 is 0. The van der Waals surface area contributed by atoms with Gasteiger partial charge in [-0.1, -0.05) is 24.4 Å². The quantitative estimate of drug-likeness (QED) is 0.737. The molecular weight excluding hydrogens is 258 g/mol. The molecule has 1 rings (SSSR count). The molecule has 0 aliphatic heterocycles. The van der Waals surface area contributed by atoms with Crippen molar-refractivity contribution in [2.45, 2.75) is 33.2 Å². The lowest BCUT2D eigenvalue weighted by atomic mass is 10.1. The summed E-state index contributed by atoms with van der Waals surface area (Å²) in [7, 11) is 0. The van der Waals surface area contributed by atoms with E-state index in [4.69, 9.17) is 18.0 Å². The Morgan fingerprint density at radius 2 is 2.00 bits per heavy atom. The zero-order chi connectivity index (χ0) is 14.6. The largest absolute Gasteiger partial charge is 0.389 e. The molecule has 0 fully saturated rings. The summed E-state index contributed by atoms with van der Waals surface area (Å²) in [6, 6.07) is 5.69. The van der Waals surface area contributed by atoms with Crippen LogP contribution in [0.1, 0.15) is 31.9 Å². The Hall–Kier alpha value is -1.62.